The Morgan fingerprint density at radius 3 is 2.93 bits per heavy atom. The van der Waals surface area contributed by atoms with Gasteiger partial charge in [-0.1, -0.05) is 23.4 Å². The number of hydrogen-bond donors (Lipinski definition) is 1. The number of rotatable bonds is 4. The standard InChI is InChI=1S/C22H22N4O2/c1-13(2)27-20-11-10-14(12-19(20)24-3)22-25-21(26-28-22)17-8-4-7-16-15(17)6-5-9-18(16)23/h4,7-8,10-13,18H,5-6,9,23H2,1-2H3/t18-/m1/s1. The molecule has 1 aromatic heterocycles. The molecule has 28 heavy (non-hydrogen) atoms. The molecule has 0 spiro atoms. The first kappa shape index (κ1) is 18.2. The molecule has 142 valence electrons. The molecule has 2 aromatic carbocycles. The van der Waals surface area contributed by atoms with Crippen molar-refractivity contribution in [2.75, 3.05) is 0 Å². The van der Waals surface area contributed by atoms with Gasteiger partial charge in [-0.15, -0.1) is 0 Å². The molecule has 1 aliphatic carbocycles. The summed E-state index contributed by atoms with van der Waals surface area (Å²) in [6.07, 6.45) is 3.02. The minimum Gasteiger partial charge on any atom is -0.502 e. The van der Waals surface area contributed by atoms with E-state index in [0.717, 1.165) is 24.8 Å². The van der Waals surface area contributed by atoms with E-state index in [9.17, 15) is 0 Å². The molecular weight excluding hydrogens is 352 g/mol. The maximum atomic E-state index is 7.42. The zero-order chi connectivity index (χ0) is 19.7. The Morgan fingerprint density at radius 1 is 1.29 bits per heavy atom. The van der Waals surface area contributed by atoms with Crippen LogP contribution in [0.3, 0.4) is 0 Å². The van der Waals surface area contributed by atoms with Gasteiger partial charge in [-0.25, -0.2) is 4.85 Å². The summed E-state index contributed by atoms with van der Waals surface area (Å²) in [5, 5.41) is 4.19. The summed E-state index contributed by atoms with van der Waals surface area (Å²) in [5.74, 6) is 1.49. The highest BCUT2D eigenvalue weighted by Crippen LogP contribution is 2.36. The normalized spacial score (nSPS) is 15.9. The molecule has 4 rings (SSSR count). The summed E-state index contributed by atoms with van der Waals surface area (Å²) in [4.78, 5) is 8.15. The number of ether oxygens (including phenoxy) is 1. The topological polar surface area (TPSA) is 78.5 Å². The number of fused-ring (bicyclic) bond motifs is 1. The first-order valence-corrected chi connectivity index (χ1v) is 9.47. The van der Waals surface area contributed by atoms with Gasteiger partial charge >= 0.3 is 0 Å². The second kappa shape index (κ2) is 7.45. The highest BCUT2D eigenvalue weighted by Gasteiger charge is 2.22. The Hall–Kier alpha value is -3.17. The molecule has 2 N–H and O–H groups in total. The van der Waals surface area contributed by atoms with Crippen molar-refractivity contribution in [3.05, 3.63) is 58.9 Å². The third kappa shape index (κ3) is 3.37. The van der Waals surface area contributed by atoms with E-state index in [2.05, 4.69) is 21.1 Å². The van der Waals surface area contributed by atoms with Crippen LogP contribution in [-0.2, 0) is 6.42 Å². The summed E-state index contributed by atoms with van der Waals surface area (Å²) in [6, 6.07) is 11.5. The molecule has 0 unspecified atom stereocenters. The summed E-state index contributed by atoms with van der Waals surface area (Å²) >= 11 is 0. The lowest BCUT2D eigenvalue weighted by molar-refractivity contribution is 0.244. The van der Waals surface area contributed by atoms with Crippen LogP contribution in [0, 0.1) is 6.57 Å². The Morgan fingerprint density at radius 2 is 2.14 bits per heavy atom. The van der Waals surface area contributed by atoms with Gasteiger partial charge in [0.25, 0.3) is 5.89 Å². The predicted octanol–water partition coefficient (Wildman–Crippen LogP) is 5.08. The molecular formula is C22H22N4O2. The smallest absolute Gasteiger partial charge is 0.256 e. The van der Waals surface area contributed by atoms with Crippen molar-refractivity contribution in [2.45, 2.75) is 45.3 Å². The summed E-state index contributed by atoms with van der Waals surface area (Å²) in [6.45, 7) is 11.3. The number of hydrogen-bond acceptors (Lipinski definition) is 5. The Kier molecular flexibility index (Phi) is 4.84. The third-order valence-corrected chi connectivity index (χ3v) is 4.91. The molecule has 0 radical (unpaired) electrons. The average molecular weight is 374 g/mol. The molecule has 6 nitrogen and oxygen atoms in total. The van der Waals surface area contributed by atoms with Gasteiger partial charge in [0.1, 0.15) is 5.75 Å². The number of nitrogens with zero attached hydrogens (tertiary/aromatic N) is 3. The van der Waals surface area contributed by atoms with Crippen LogP contribution >= 0.6 is 0 Å². The molecule has 0 fully saturated rings. The maximum absolute atomic E-state index is 7.42. The molecule has 3 aromatic rings. The van der Waals surface area contributed by atoms with Crippen LogP contribution in [0.4, 0.5) is 5.69 Å². The molecule has 0 aliphatic heterocycles. The van der Waals surface area contributed by atoms with Gasteiger partial charge in [-0.3, -0.25) is 0 Å². The van der Waals surface area contributed by atoms with Crippen molar-refractivity contribution in [1.29, 1.82) is 0 Å². The highest BCUT2D eigenvalue weighted by molar-refractivity contribution is 5.70. The molecule has 0 amide bonds. The van der Waals surface area contributed by atoms with Gasteiger partial charge in [-0.2, -0.15) is 4.98 Å². The zero-order valence-electron chi connectivity index (χ0n) is 16.0. The third-order valence-electron chi connectivity index (χ3n) is 4.91. The second-order valence-electron chi connectivity index (χ2n) is 7.26. The van der Waals surface area contributed by atoms with Gasteiger partial charge in [-0.05, 0) is 62.4 Å². The van der Waals surface area contributed by atoms with Gasteiger partial charge in [0.15, 0.2) is 0 Å². The van der Waals surface area contributed by atoms with E-state index in [0.29, 0.717) is 28.7 Å². The monoisotopic (exact) mass is 374 g/mol. The first-order valence-electron chi connectivity index (χ1n) is 9.47. The Bertz CT molecular complexity index is 1050. The highest BCUT2D eigenvalue weighted by atomic mass is 16.5. The average Bonchev–Trinajstić information content (AvgIpc) is 3.18. The van der Waals surface area contributed by atoms with Gasteiger partial charge < -0.3 is 15.0 Å². The van der Waals surface area contributed by atoms with E-state index in [4.69, 9.17) is 21.6 Å². The van der Waals surface area contributed by atoms with Crippen molar-refractivity contribution in [1.82, 2.24) is 10.1 Å². The molecule has 6 heteroatoms. The van der Waals surface area contributed by atoms with Crippen LogP contribution in [0.25, 0.3) is 27.7 Å². The fourth-order valence-electron chi connectivity index (χ4n) is 3.64. The fourth-order valence-corrected chi connectivity index (χ4v) is 3.64. The lowest BCUT2D eigenvalue weighted by atomic mass is 9.85. The lowest BCUT2D eigenvalue weighted by Gasteiger charge is -2.23. The van der Waals surface area contributed by atoms with Crippen molar-refractivity contribution >= 4 is 5.69 Å². The summed E-state index contributed by atoms with van der Waals surface area (Å²) in [5.41, 5.74) is 10.7. The second-order valence-corrected chi connectivity index (χ2v) is 7.26. The van der Waals surface area contributed by atoms with Crippen molar-refractivity contribution in [3.63, 3.8) is 0 Å². The van der Waals surface area contributed by atoms with E-state index in [1.54, 1.807) is 12.1 Å². The van der Waals surface area contributed by atoms with E-state index < -0.39 is 0 Å². The quantitative estimate of drug-likeness (QED) is 0.645. The van der Waals surface area contributed by atoms with Crippen molar-refractivity contribution in [2.24, 2.45) is 5.73 Å². The van der Waals surface area contributed by atoms with Gasteiger partial charge in [0, 0.05) is 17.2 Å². The number of benzene rings is 2. The van der Waals surface area contributed by atoms with Crippen LogP contribution in [0.15, 0.2) is 40.9 Å². The van der Waals surface area contributed by atoms with Crippen molar-refractivity contribution in [3.8, 4) is 28.6 Å². The molecule has 1 aliphatic rings. The van der Waals surface area contributed by atoms with Crippen LogP contribution < -0.4 is 10.5 Å². The van der Waals surface area contributed by atoms with E-state index in [1.807, 2.05) is 32.0 Å². The van der Waals surface area contributed by atoms with E-state index in [1.165, 1.54) is 11.1 Å². The molecule has 1 heterocycles. The number of nitrogens with two attached hydrogens (primary N) is 1. The summed E-state index contributed by atoms with van der Waals surface area (Å²) in [7, 11) is 0. The van der Waals surface area contributed by atoms with E-state index in [-0.39, 0.29) is 12.1 Å². The Balaban J connectivity index is 1.70. The van der Waals surface area contributed by atoms with Gasteiger partial charge in [0.2, 0.25) is 11.5 Å². The fraction of sp³-hybridized carbons (Fsp3) is 0.318. The Labute approximate surface area is 164 Å². The predicted molar refractivity (Wildman–Crippen MR) is 107 cm³/mol. The first-order chi connectivity index (χ1) is 13.6. The lowest BCUT2D eigenvalue weighted by Crippen LogP contribution is -2.18. The van der Waals surface area contributed by atoms with Crippen LogP contribution in [-0.4, -0.2) is 16.2 Å². The largest absolute Gasteiger partial charge is 0.502 e. The van der Waals surface area contributed by atoms with Crippen LogP contribution in [0.5, 0.6) is 5.75 Å². The van der Waals surface area contributed by atoms with E-state index >= 15 is 0 Å². The minimum absolute atomic E-state index is 0.00279. The van der Waals surface area contributed by atoms with Crippen LogP contribution in [0.2, 0.25) is 0 Å². The SMILES string of the molecule is [C-]#[N+]c1cc(-c2nc(-c3cccc4c3CCC[C@H]4N)no2)ccc1OC(C)C. The van der Waals surface area contributed by atoms with Gasteiger partial charge in [0.05, 0.1) is 12.7 Å². The number of aromatic nitrogens is 2. The zero-order valence-corrected chi connectivity index (χ0v) is 16.0. The molecule has 1 atom stereocenters. The van der Waals surface area contributed by atoms with Crippen LogP contribution in [0.1, 0.15) is 43.9 Å². The molecule has 0 saturated heterocycles. The minimum atomic E-state index is -0.00279. The molecule has 0 bridgehead atoms. The van der Waals surface area contributed by atoms with Crippen molar-refractivity contribution < 1.29 is 9.26 Å². The molecule has 0 saturated carbocycles. The summed E-state index contributed by atoms with van der Waals surface area (Å²) < 4.78 is 11.2. The maximum Gasteiger partial charge on any atom is 0.256 e.